The van der Waals surface area contributed by atoms with Crippen molar-refractivity contribution in [2.45, 2.75) is 19.0 Å². The van der Waals surface area contributed by atoms with Crippen LogP contribution in [0.15, 0.2) is 24.4 Å². The van der Waals surface area contributed by atoms with Crippen molar-refractivity contribution in [1.82, 2.24) is 15.6 Å². The molecule has 4 N–H and O–H groups in total. The lowest BCUT2D eigenvalue weighted by atomic mass is 10.2. The summed E-state index contributed by atoms with van der Waals surface area (Å²) in [6.07, 6.45) is 1.60. The third-order valence-electron chi connectivity index (χ3n) is 2.27. The maximum Gasteiger partial charge on any atom is 0.328 e. The molecule has 0 bridgehead atoms. The van der Waals surface area contributed by atoms with Crippen LogP contribution >= 0.6 is 0 Å². The van der Waals surface area contributed by atoms with Crippen LogP contribution in [0.3, 0.4) is 0 Å². The maximum absolute atomic E-state index is 11.5. The largest absolute Gasteiger partial charge is 0.480 e. The van der Waals surface area contributed by atoms with Crippen LogP contribution in [0.4, 0.5) is 4.79 Å². The van der Waals surface area contributed by atoms with Crippen molar-refractivity contribution < 1.29 is 19.8 Å². The molecule has 1 heterocycles. The summed E-state index contributed by atoms with van der Waals surface area (Å²) in [4.78, 5) is 26.1. The number of amides is 2. The van der Waals surface area contributed by atoms with Crippen LogP contribution < -0.4 is 10.6 Å². The van der Waals surface area contributed by atoms with Crippen molar-refractivity contribution in [3.63, 3.8) is 0 Å². The van der Waals surface area contributed by atoms with Gasteiger partial charge in [-0.15, -0.1) is 0 Å². The van der Waals surface area contributed by atoms with E-state index in [-0.39, 0.29) is 6.04 Å². The van der Waals surface area contributed by atoms with Gasteiger partial charge in [-0.2, -0.15) is 0 Å². The highest BCUT2D eigenvalue weighted by Crippen LogP contribution is 2.07. The van der Waals surface area contributed by atoms with Gasteiger partial charge in [-0.05, 0) is 19.1 Å². The highest BCUT2D eigenvalue weighted by molar-refractivity contribution is 5.82. The number of hydrogen-bond acceptors (Lipinski definition) is 4. The molecular weight excluding hydrogens is 238 g/mol. The highest BCUT2D eigenvalue weighted by Gasteiger charge is 2.19. The van der Waals surface area contributed by atoms with E-state index in [9.17, 15) is 9.59 Å². The van der Waals surface area contributed by atoms with Crippen LogP contribution in [0.2, 0.25) is 0 Å². The Labute approximate surface area is 104 Å². The minimum Gasteiger partial charge on any atom is -0.480 e. The molecule has 1 aromatic rings. The third kappa shape index (κ3) is 4.02. The van der Waals surface area contributed by atoms with E-state index in [1.54, 1.807) is 31.3 Å². The van der Waals surface area contributed by atoms with Gasteiger partial charge in [-0.1, -0.05) is 6.07 Å². The molecule has 7 nitrogen and oxygen atoms in total. The number of carbonyl (C=O) groups is 2. The number of pyridine rings is 1. The number of aromatic nitrogens is 1. The third-order valence-corrected chi connectivity index (χ3v) is 2.27. The topological polar surface area (TPSA) is 112 Å². The smallest absolute Gasteiger partial charge is 0.328 e. The molecule has 0 aliphatic heterocycles. The lowest BCUT2D eigenvalue weighted by Gasteiger charge is -2.16. The first kappa shape index (κ1) is 13.9. The molecule has 2 atom stereocenters. The SMILES string of the molecule is CC(NC(=O)N[C@H](CO)C(=O)O)c1ccccn1. The van der Waals surface area contributed by atoms with Crippen molar-refractivity contribution >= 4 is 12.0 Å². The molecule has 0 aliphatic rings. The predicted octanol–water partition coefficient (Wildman–Crippen LogP) is -0.113. The lowest BCUT2D eigenvalue weighted by molar-refractivity contribution is -0.140. The summed E-state index contributed by atoms with van der Waals surface area (Å²) in [5.74, 6) is -1.29. The van der Waals surface area contributed by atoms with Crippen LogP contribution in [0.25, 0.3) is 0 Å². The van der Waals surface area contributed by atoms with Crippen molar-refractivity contribution in [1.29, 1.82) is 0 Å². The Balaban J connectivity index is 2.52. The van der Waals surface area contributed by atoms with Crippen LogP contribution in [-0.4, -0.2) is 39.8 Å². The maximum atomic E-state index is 11.5. The van der Waals surface area contributed by atoms with Crippen molar-refractivity contribution in [2.75, 3.05) is 6.61 Å². The quantitative estimate of drug-likeness (QED) is 0.585. The minimum atomic E-state index is -1.32. The van der Waals surface area contributed by atoms with Crippen LogP contribution in [0, 0.1) is 0 Å². The zero-order chi connectivity index (χ0) is 13.5. The molecular formula is C11H15N3O4. The van der Waals surface area contributed by atoms with Gasteiger partial charge in [-0.3, -0.25) is 4.98 Å². The molecule has 0 saturated heterocycles. The molecule has 0 fully saturated rings. The Kier molecular flexibility index (Phi) is 5.06. The highest BCUT2D eigenvalue weighted by atomic mass is 16.4. The Bertz CT molecular complexity index is 410. The monoisotopic (exact) mass is 253 g/mol. The van der Waals surface area contributed by atoms with Gasteiger partial charge < -0.3 is 20.8 Å². The predicted molar refractivity (Wildman–Crippen MR) is 62.8 cm³/mol. The number of urea groups is 1. The first-order valence-electron chi connectivity index (χ1n) is 5.36. The number of aliphatic hydroxyl groups excluding tert-OH is 1. The molecule has 0 aliphatic carbocycles. The molecule has 1 unspecified atom stereocenters. The van der Waals surface area contributed by atoms with Gasteiger partial charge in [0, 0.05) is 6.20 Å². The zero-order valence-electron chi connectivity index (χ0n) is 9.83. The van der Waals surface area contributed by atoms with Crippen LogP contribution in [0.1, 0.15) is 18.7 Å². The Morgan fingerprint density at radius 1 is 1.39 bits per heavy atom. The number of aliphatic hydroxyl groups is 1. The van der Waals surface area contributed by atoms with Gasteiger partial charge in [0.05, 0.1) is 18.3 Å². The van der Waals surface area contributed by atoms with E-state index in [4.69, 9.17) is 10.2 Å². The Hall–Kier alpha value is -2.15. The fraction of sp³-hybridized carbons (Fsp3) is 0.364. The van der Waals surface area contributed by atoms with Gasteiger partial charge in [0.1, 0.15) is 0 Å². The number of carboxylic acid groups (broad SMARTS) is 1. The summed E-state index contributed by atoms with van der Waals surface area (Å²) >= 11 is 0. The molecule has 0 spiro atoms. The average molecular weight is 253 g/mol. The van der Waals surface area contributed by atoms with E-state index in [0.29, 0.717) is 5.69 Å². The summed E-state index contributed by atoms with van der Waals surface area (Å²) in [7, 11) is 0. The number of hydrogen-bond donors (Lipinski definition) is 4. The van der Waals surface area contributed by atoms with Gasteiger partial charge in [-0.25, -0.2) is 9.59 Å². The van der Waals surface area contributed by atoms with E-state index >= 15 is 0 Å². The summed E-state index contributed by atoms with van der Waals surface area (Å²) in [5, 5.41) is 22.1. The molecule has 1 aromatic heterocycles. The summed E-state index contributed by atoms with van der Waals surface area (Å²) in [6.45, 7) is 1.05. The first-order valence-corrected chi connectivity index (χ1v) is 5.36. The molecule has 0 saturated carbocycles. The Morgan fingerprint density at radius 2 is 2.11 bits per heavy atom. The molecule has 98 valence electrons. The van der Waals surface area contributed by atoms with Crippen molar-refractivity contribution in [2.24, 2.45) is 0 Å². The van der Waals surface area contributed by atoms with Gasteiger partial charge >= 0.3 is 12.0 Å². The van der Waals surface area contributed by atoms with Crippen LogP contribution in [0.5, 0.6) is 0 Å². The van der Waals surface area contributed by atoms with E-state index in [0.717, 1.165) is 0 Å². The summed E-state index contributed by atoms with van der Waals surface area (Å²) < 4.78 is 0. The number of aliphatic carboxylic acids is 1. The standard InChI is InChI=1S/C11H15N3O4/c1-7(8-4-2-3-5-12-8)13-11(18)14-9(6-15)10(16)17/h2-5,7,9,15H,6H2,1H3,(H,16,17)(H2,13,14,18)/t7?,9-/m1/s1. The minimum absolute atomic E-state index is 0.362. The van der Waals surface area contributed by atoms with Gasteiger partial charge in [0.2, 0.25) is 0 Å². The van der Waals surface area contributed by atoms with Crippen LogP contribution in [-0.2, 0) is 4.79 Å². The normalized spacial score (nSPS) is 13.4. The first-order chi connectivity index (χ1) is 8.54. The number of carboxylic acids is 1. The molecule has 0 radical (unpaired) electrons. The fourth-order valence-corrected chi connectivity index (χ4v) is 1.29. The van der Waals surface area contributed by atoms with Gasteiger partial charge in [0.25, 0.3) is 0 Å². The molecule has 7 heteroatoms. The van der Waals surface area contributed by atoms with Crippen molar-refractivity contribution in [3.8, 4) is 0 Å². The van der Waals surface area contributed by atoms with E-state index in [2.05, 4.69) is 15.6 Å². The van der Waals surface area contributed by atoms with E-state index in [1.165, 1.54) is 0 Å². The van der Waals surface area contributed by atoms with Crippen molar-refractivity contribution in [3.05, 3.63) is 30.1 Å². The molecule has 1 rings (SSSR count). The molecule has 2 amide bonds. The summed E-state index contributed by atoms with van der Waals surface area (Å²) in [5.41, 5.74) is 0.656. The second-order valence-electron chi connectivity index (χ2n) is 3.67. The second-order valence-corrected chi connectivity index (χ2v) is 3.67. The second kappa shape index (κ2) is 6.55. The van der Waals surface area contributed by atoms with E-state index < -0.39 is 24.6 Å². The number of nitrogens with zero attached hydrogens (tertiary/aromatic N) is 1. The molecule has 18 heavy (non-hydrogen) atoms. The summed E-state index contributed by atoms with van der Waals surface area (Å²) in [6, 6.07) is 2.93. The Morgan fingerprint density at radius 3 is 2.61 bits per heavy atom. The number of nitrogens with one attached hydrogen (secondary N) is 2. The number of carbonyl (C=O) groups excluding carboxylic acids is 1. The lowest BCUT2D eigenvalue weighted by Crippen LogP contribution is -2.48. The fourth-order valence-electron chi connectivity index (χ4n) is 1.29. The zero-order valence-corrected chi connectivity index (χ0v) is 9.83. The van der Waals surface area contributed by atoms with E-state index in [1.807, 2.05) is 0 Å². The average Bonchev–Trinajstić information content (AvgIpc) is 2.36. The number of rotatable bonds is 5. The van der Waals surface area contributed by atoms with Gasteiger partial charge in [0.15, 0.2) is 6.04 Å². The molecule has 0 aromatic carbocycles.